The molecule has 0 bridgehead atoms. The fourth-order valence-corrected chi connectivity index (χ4v) is 6.87. The summed E-state index contributed by atoms with van der Waals surface area (Å²) in [6, 6.07) is 43.0. The Morgan fingerprint density at radius 2 is 1.35 bits per heavy atom. The quantitative estimate of drug-likeness (QED) is 0.204. The maximum absolute atomic E-state index is 5.46. The van der Waals surface area contributed by atoms with Gasteiger partial charge in [-0.05, 0) is 92.5 Å². The molecule has 212 valence electrons. The molecule has 0 aliphatic heterocycles. The summed E-state index contributed by atoms with van der Waals surface area (Å²) in [4.78, 5) is 15.2. The monoisotopic (exact) mass is 559 g/mol. The molecular formula is C40H37N3. The SMILES string of the molecule is CC(C)(c1cccc(-c2ccccc2)n1)c1nc(-c2ccccc2)ccc1C1CCCC(c2ccc3ncccc3c2)C1. The number of hydrogen-bond donors (Lipinski definition) is 0. The van der Waals surface area contributed by atoms with Crippen molar-refractivity contribution >= 4 is 10.9 Å². The summed E-state index contributed by atoms with van der Waals surface area (Å²) in [5.74, 6) is 0.958. The highest BCUT2D eigenvalue weighted by Gasteiger charge is 2.34. The van der Waals surface area contributed by atoms with Gasteiger partial charge in [0.05, 0.1) is 28.3 Å². The van der Waals surface area contributed by atoms with Gasteiger partial charge in [-0.2, -0.15) is 0 Å². The minimum absolute atomic E-state index is 0.382. The van der Waals surface area contributed by atoms with Crippen molar-refractivity contribution in [1.82, 2.24) is 15.0 Å². The third-order valence-corrected chi connectivity index (χ3v) is 9.26. The summed E-state index contributed by atoms with van der Waals surface area (Å²) < 4.78 is 0. The van der Waals surface area contributed by atoms with Gasteiger partial charge in [-0.3, -0.25) is 15.0 Å². The Morgan fingerprint density at radius 3 is 2.12 bits per heavy atom. The molecule has 43 heavy (non-hydrogen) atoms. The fraction of sp³-hybridized carbons (Fsp3) is 0.225. The first-order valence-electron chi connectivity index (χ1n) is 15.5. The van der Waals surface area contributed by atoms with Crippen LogP contribution in [0.3, 0.4) is 0 Å². The maximum Gasteiger partial charge on any atom is 0.0705 e. The van der Waals surface area contributed by atoms with Gasteiger partial charge in [-0.1, -0.05) is 91.3 Å². The molecule has 0 spiro atoms. The Balaban J connectivity index is 1.29. The van der Waals surface area contributed by atoms with E-state index < -0.39 is 0 Å². The van der Waals surface area contributed by atoms with Crippen molar-refractivity contribution in [2.24, 2.45) is 0 Å². The summed E-state index contributed by atoms with van der Waals surface area (Å²) in [5, 5.41) is 1.22. The van der Waals surface area contributed by atoms with Gasteiger partial charge in [0.25, 0.3) is 0 Å². The van der Waals surface area contributed by atoms with Crippen LogP contribution in [0.1, 0.15) is 73.9 Å². The van der Waals surface area contributed by atoms with E-state index in [-0.39, 0.29) is 5.41 Å². The van der Waals surface area contributed by atoms with Crippen LogP contribution in [-0.4, -0.2) is 15.0 Å². The van der Waals surface area contributed by atoms with Crippen LogP contribution < -0.4 is 0 Å². The Morgan fingerprint density at radius 1 is 0.628 bits per heavy atom. The molecular weight excluding hydrogens is 522 g/mol. The highest BCUT2D eigenvalue weighted by atomic mass is 14.8. The number of pyridine rings is 3. The molecule has 0 amide bonds. The molecule has 6 aromatic rings. The van der Waals surface area contributed by atoms with Crippen molar-refractivity contribution in [2.75, 3.05) is 0 Å². The second-order valence-corrected chi connectivity index (χ2v) is 12.4. The minimum Gasteiger partial charge on any atom is -0.256 e. The molecule has 3 heteroatoms. The van der Waals surface area contributed by atoms with Crippen LogP contribution in [0, 0.1) is 0 Å². The van der Waals surface area contributed by atoms with Gasteiger partial charge in [0.2, 0.25) is 0 Å². The lowest BCUT2D eigenvalue weighted by Gasteiger charge is -2.34. The van der Waals surface area contributed by atoms with Crippen LogP contribution in [0.5, 0.6) is 0 Å². The largest absolute Gasteiger partial charge is 0.256 e. The van der Waals surface area contributed by atoms with Gasteiger partial charge < -0.3 is 0 Å². The van der Waals surface area contributed by atoms with Gasteiger partial charge >= 0.3 is 0 Å². The van der Waals surface area contributed by atoms with E-state index in [1.165, 1.54) is 35.8 Å². The van der Waals surface area contributed by atoms with Crippen molar-refractivity contribution in [2.45, 2.75) is 56.8 Å². The van der Waals surface area contributed by atoms with Crippen molar-refractivity contribution in [3.8, 4) is 22.5 Å². The predicted octanol–water partition coefficient (Wildman–Crippen LogP) is 10.1. The molecule has 1 fully saturated rings. The van der Waals surface area contributed by atoms with Gasteiger partial charge in [0.1, 0.15) is 0 Å². The molecule has 1 saturated carbocycles. The number of fused-ring (bicyclic) bond motifs is 1. The van der Waals surface area contributed by atoms with E-state index >= 15 is 0 Å². The molecule has 2 atom stereocenters. The molecule has 0 saturated heterocycles. The van der Waals surface area contributed by atoms with Crippen LogP contribution in [0.2, 0.25) is 0 Å². The van der Waals surface area contributed by atoms with E-state index in [9.17, 15) is 0 Å². The van der Waals surface area contributed by atoms with E-state index in [2.05, 4.69) is 134 Å². The molecule has 0 radical (unpaired) electrons. The number of benzene rings is 3. The lowest BCUT2D eigenvalue weighted by Crippen LogP contribution is -2.26. The van der Waals surface area contributed by atoms with Crippen LogP contribution in [-0.2, 0) is 5.41 Å². The van der Waals surface area contributed by atoms with Crippen LogP contribution >= 0.6 is 0 Å². The zero-order valence-corrected chi connectivity index (χ0v) is 24.9. The second kappa shape index (κ2) is 11.6. The fourth-order valence-electron chi connectivity index (χ4n) is 6.87. The molecule has 3 nitrogen and oxygen atoms in total. The summed E-state index contributed by atoms with van der Waals surface area (Å²) in [6.45, 7) is 4.59. The highest BCUT2D eigenvalue weighted by Crippen LogP contribution is 2.45. The van der Waals surface area contributed by atoms with Gasteiger partial charge in [-0.25, -0.2) is 0 Å². The first-order valence-corrected chi connectivity index (χ1v) is 15.5. The van der Waals surface area contributed by atoms with E-state index in [4.69, 9.17) is 9.97 Å². The Bertz CT molecular complexity index is 1860. The van der Waals surface area contributed by atoms with Crippen molar-refractivity contribution < 1.29 is 0 Å². The standard InChI is InChI=1S/C40H37N3/c1-40(2,38-20-10-19-36(42-38)28-12-5-3-6-13-28)39-34(22-24-37(43-39)29-14-7-4-8-15-29)32-17-9-16-30(26-32)31-21-23-35-33(27-31)18-11-25-41-35/h3-8,10-15,18-25,27,30,32H,9,16-17,26H2,1-2H3. The Hall–Kier alpha value is -4.63. The van der Waals surface area contributed by atoms with Crippen molar-refractivity contribution in [3.63, 3.8) is 0 Å². The van der Waals surface area contributed by atoms with Crippen molar-refractivity contribution in [1.29, 1.82) is 0 Å². The van der Waals surface area contributed by atoms with Gasteiger partial charge in [0, 0.05) is 28.1 Å². The van der Waals surface area contributed by atoms with Crippen LogP contribution in [0.4, 0.5) is 0 Å². The van der Waals surface area contributed by atoms with E-state index in [0.29, 0.717) is 11.8 Å². The second-order valence-electron chi connectivity index (χ2n) is 12.4. The number of hydrogen-bond acceptors (Lipinski definition) is 3. The first-order chi connectivity index (χ1) is 21.1. The van der Waals surface area contributed by atoms with Crippen LogP contribution in [0.15, 0.2) is 128 Å². The van der Waals surface area contributed by atoms with E-state index in [1.54, 1.807) is 0 Å². The topological polar surface area (TPSA) is 38.7 Å². The lowest BCUT2D eigenvalue weighted by atomic mass is 9.71. The summed E-state index contributed by atoms with van der Waals surface area (Å²) in [5.41, 5.74) is 9.94. The molecule has 7 rings (SSSR count). The summed E-state index contributed by atoms with van der Waals surface area (Å²) >= 11 is 0. The van der Waals surface area contributed by atoms with Crippen molar-refractivity contribution in [3.05, 3.63) is 150 Å². The molecule has 3 heterocycles. The predicted molar refractivity (Wildman–Crippen MR) is 177 cm³/mol. The molecule has 3 aromatic carbocycles. The number of nitrogens with zero attached hydrogens (tertiary/aromatic N) is 3. The van der Waals surface area contributed by atoms with E-state index in [1.807, 2.05) is 12.3 Å². The molecule has 1 aliphatic rings. The average molecular weight is 560 g/mol. The zero-order valence-electron chi connectivity index (χ0n) is 24.9. The summed E-state index contributed by atoms with van der Waals surface area (Å²) in [7, 11) is 0. The normalized spacial score (nSPS) is 17.2. The van der Waals surface area contributed by atoms with E-state index in [0.717, 1.165) is 45.8 Å². The van der Waals surface area contributed by atoms with Crippen LogP contribution in [0.25, 0.3) is 33.4 Å². The Kier molecular flexibility index (Phi) is 7.32. The third kappa shape index (κ3) is 5.48. The lowest BCUT2D eigenvalue weighted by molar-refractivity contribution is 0.388. The number of aromatic nitrogens is 3. The molecule has 0 N–H and O–H groups in total. The molecule has 2 unspecified atom stereocenters. The average Bonchev–Trinajstić information content (AvgIpc) is 3.08. The van der Waals surface area contributed by atoms with Gasteiger partial charge in [-0.15, -0.1) is 0 Å². The minimum atomic E-state index is -0.382. The maximum atomic E-state index is 5.46. The molecule has 1 aliphatic carbocycles. The third-order valence-electron chi connectivity index (χ3n) is 9.26. The summed E-state index contributed by atoms with van der Waals surface area (Å²) in [6.07, 6.45) is 6.61. The first kappa shape index (κ1) is 27.2. The number of rotatable bonds is 6. The van der Waals surface area contributed by atoms with Gasteiger partial charge in [0.15, 0.2) is 0 Å². The zero-order chi connectivity index (χ0) is 29.2. The Labute approximate surface area is 254 Å². The highest BCUT2D eigenvalue weighted by molar-refractivity contribution is 5.79. The smallest absolute Gasteiger partial charge is 0.0705 e. The molecule has 3 aromatic heterocycles.